The largest absolute Gasteiger partial charge is 0.364 e. The summed E-state index contributed by atoms with van der Waals surface area (Å²) in [6.07, 6.45) is 9.52. The number of alkyl halides is 2. The lowest BCUT2D eigenvalue weighted by molar-refractivity contribution is -0.119. The van der Waals surface area contributed by atoms with Gasteiger partial charge in [-0.3, -0.25) is 4.79 Å². The van der Waals surface area contributed by atoms with E-state index in [1.807, 2.05) is 6.92 Å². The molecule has 0 bridgehead atoms. The molecule has 0 amide bonds. The van der Waals surface area contributed by atoms with Gasteiger partial charge in [0.05, 0.1) is 17.7 Å². The van der Waals surface area contributed by atoms with E-state index < -0.39 is 5.92 Å². The normalized spacial score (nSPS) is 22.8. The maximum absolute atomic E-state index is 14.2. The zero-order chi connectivity index (χ0) is 24.1. The summed E-state index contributed by atoms with van der Waals surface area (Å²) in [5.74, 6) is -1.30. The average Bonchev–Trinajstić information content (AvgIpc) is 3.48. The molecule has 2 aromatic heterocycles. The van der Waals surface area contributed by atoms with Gasteiger partial charge in [-0.2, -0.15) is 0 Å². The zero-order valence-electron chi connectivity index (χ0n) is 20.3. The standard InChI is InChI=1S/C25H36F2N4O2S/c1-3-25(26,27)22-16-33-30-24(22)20-9-12-31(13-10-20)11-8-18-4-6-19(7-5-18)14-21(32)15-23-29-28-17(2)34-23/h16,18-20H,3-15H2,1-2H3. The van der Waals surface area contributed by atoms with Crippen molar-refractivity contribution in [1.29, 1.82) is 0 Å². The first kappa shape index (κ1) is 25.4. The number of aryl methyl sites for hydroxylation is 1. The topological polar surface area (TPSA) is 72.1 Å². The molecule has 188 valence electrons. The molecule has 0 radical (unpaired) electrons. The van der Waals surface area contributed by atoms with Gasteiger partial charge in [0.2, 0.25) is 0 Å². The van der Waals surface area contributed by atoms with Gasteiger partial charge < -0.3 is 9.42 Å². The van der Waals surface area contributed by atoms with Crippen LogP contribution in [0.5, 0.6) is 0 Å². The molecule has 1 saturated heterocycles. The monoisotopic (exact) mass is 494 g/mol. The second-order valence-corrected chi connectivity index (χ2v) is 11.4. The van der Waals surface area contributed by atoms with Crippen molar-refractivity contribution in [1.82, 2.24) is 20.3 Å². The highest BCUT2D eigenvalue weighted by Gasteiger charge is 2.37. The Balaban J connectivity index is 1.14. The van der Waals surface area contributed by atoms with Crippen LogP contribution < -0.4 is 0 Å². The number of Topliss-reactive ketones (excluding diaryl/α,β-unsaturated/α-hetero) is 1. The molecule has 34 heavy (non-hydrogen) atoms. The molecule has 1 aliphatic heterocycles. The smallest absolute Gasteiger partial charge is 0.277 e. The number of hydrogen-bond acceptors (Lipinski definition) is 7. The fourth-order valence-electron chi connectivity index (χ4n) is 5.50. The third-order valence-corrected chi connectivity index (χ3v) is 8.50. The Morgan fingerprint density at radius 3 is 2.50 bits per heavy atom. The minimum Gasteiger partial charge on any atom is -0.364 e. The molecular weight excluding hydrogens is 458 g/mol. The summed E-state index contributed by atoms with van der Waals surface area (Å²) in [7, 11) is 0. The third-order valence-electron chi connectivity index (χ3n) is 7.66. The maximum atomic E-state index is 14.2. The highest BCUT2D eigenvalue weighted by atomic mass is 32.1. The van der Waals surface area contributed by atoms with Gasteiger partial charge in [0, 0.05) is 18.8 Å². The fraction of sp³-hybridized carbons (Fsp3) is 0.760. The lowest BCUT2D eigenvalue weighted by Gasteiger charge is -2.34. The number of halogens is 2. The van der Waals surface area contributed by atoms with Crippen molar-refractivity contribution in [2.24, 2.45) is 11.8 Å². The van der Waals surface area contributed by atoms with Crippen LogP contribution >= 0.6 is 11.3 Å². The second-order valence-electron chi connectivity index (χ2n) is 10.1. The van der Waals surface area contributed by atoms with Crippen LogP contribution in [-0.4, -0.2) is 45.7 Å². The highest BCUT2D eigenvalue weighted by molar-refractivity contribution is 7.11. The Bertz CT molecular complexity index is 931. The number of carbonyl (C=O) groups is 1. The second kappa shape index (κ2) is 11.3. The van der Waals surface area contributed by atoms with E-state index in [4.69, 9.17) is 4.52 Å². The summed E-state index contributed by atoms with van der Waals surface area (Å²) < 4.78 is 33.3. The molecule has 4 rings (SSSR count). The quantitative estimate of drug-likeness (QED) is 0.409. The summed E-state index contributed by atoms with van der Waals surface area (Å²) in [5.41, 5.74) is 0.433. The van der Waals surface area contributed by atoms with Crippen molar-refractivity contribution in [2.45, 2.75) is 89.9 Å². The summed E-state index contributed by atoms with van der Waals surface area (Å²) in [6, 6.07) is 0. The molecule has 3 heterocycles. The third kappa shape index (κ3) is 6.47. The van der Waals surface area contributed by atoms with Gasteiger partial charge >= 0.3 is 0 Å². The SMILES string of the molecule is CCC(F)(F)c1conc1C1CCN(CCC2CCC(CC(=O)Cc3nnc(C)s3)CC2)CC1. The number of carbonyl (C=O) groups excluding carboxylic acids is 1. The number of nitrogens with zero attached hydrogens (tertiary/aromatic N) is 4. The molecule has 0 N–H and O–H groups in total. The fourth-order valence-corrected chi connectivity index (χ4v) is 6.23. The first-order chi connectivity index (χ1) is 16.3. The van der Waals surface area contributed by atoms with Crippen molar-refractivity contribution in [3.63, 3.8) is 0 Å². The van der Waals surface area contributed by atoms with Crippen molar-refractivity contribution < 1.29 is 18.1 Å². The first-order valence-electron chi connectivity index (χ1n) is 12.7. The van der Waals surface area contributed by atoms with Crippen LogP contribution in [0.1, 0.15) is 91.9 Å². The number of ketones is 1. The van der Waals surface area contributed by atoms with E-state index in [0.717, 1.165) is 67.5 Å². The molecule has 2 fully saturated rings. The van der Waals surface area contributed by atoms with E-state index in [2.05, 4.69) is 20.3 Å². The number of rotatable bonds is 10. The van der Waals surface area contributed by atoms with Gasteiger partial charge in [0.1, 0.15) is 22.1 Å². The van der Waals surface area contributed by atoms with Gasteiger partial charge in [-0.1, -0.05) is 24.9 Å². The molecule has 1 saturated carbocycles. The lowest BCUT2D eigenvalue weighted by Crippen LogP contribution is -2.35. The van der Waals surface area contributed by atoms with Crippen molar-refractivity contribution in [3.05, 3.63) is 27.5 Å². The zero-order valence-corrected chi connectivity index (χ0v) is 21.1. The predicted molar refractivity (Wildman–Crippen MR) is 127 cm³/mol. The first-order valence-corrected chi connectivity index (χ1v) is 13.5. The minimum absolute atomic E-state index is 0.0258. The van der Waals surface area contributed by atoms with Crippen LogP contribution in [-0.2, 0) is 17.1 Å². The molecule has 2 aromatic rings. The van der Waals surface area contributed by atoms with Gasteiger partial charge in [0.15, 0.2) is 0 Å². The van der Waals surface area contributed by atoms with Gasteiger partial charge in [-0.15, -0.1) is 21.5 Å². The molecule has 1 aliphatic carbocycles. The van der Waals surface area contributed by atoms with Gasteiger partial charge in [0.25, 0.3) is 5.92 Å². The van der Waals surface area contributed by atoms with Crippen molar-refractivity contribution in [3.8, 4) is 0 Å². The lowest BCUT2D eigenvalue weighted by atomic mass is 9.78. The van der Waals surface area contributed by atoms with Crippen LogP contribution in [0.25, 0.3) is 0 Å². The van der Waals surface area contributed by atoms with Gasteiger partial charge in [-0.05, 0) is 70.5 Å². The van der Waals surface area contributed by atoms with Crippen molar-refractivity contribution >= 4 is 17.1 Å². The predicted octanol–water partition coefficient (Wildman–Crippen LogP) is 5.91. The number of hydrogen-bond donors (Lipinski definition) is 0. The Labute approximate surface area is 204 Å². The number of piperidine rings is 1. The number of likely N-dealkylation sites (tertiary alicyclic amines) is 1. The molecular formula is C25H36F2N4O2S. The van der Waals surface area contributed by atoms with E-state index in [9.17, 15) is 13.6 Å². The van der Waals surface area contributed by atoms with Crippen LogP contribution in [0.3, 0.4) is 0 Å². The van der Waals surface area contributed by atoms with Crippen LogP contribution in [0.4, 0.5) is 8.78 Å². The Hall–Kier alpha value is -1.74. The van der Waals surface area contributed by atoms with Crippen molar-refractivity contribution in [2.75, 3.05) is 19.6 Å². The summed E-state index contributed by atoms with van der Waals surface area (Å²) in [4.78, 5) is 14.9. The summed E-state index contributed by atoms with van der Waals surface area (Å²) >= 11 is 1.51. The van der Waals surface area contributed by atoms with E-state index in [1.165, 1.54) is 37.5 Å². The molecule has 0 aromatic carbocycles. The van der Waals surface area contributed by atoms with E-state index >= 15 is 0 Å². The molecule has 0 atom stereocenters. The van der Waals surface area contributed by atoms with Crippen LogP contribution in [0.2, 0.25) is 0 Å². The molecule has 0 unspecified atom stereocenters. The van der Waals surface area contributed by atoms with E-state index in [1.54, 1.807) is 0 Å². The van der Waals surface area contributed by atoms with E-state index in [-0.39, 0.29) is 23.7 Å². The summed E-state index contributed by atoms with van der Waals surface area (Å²) in [6.45, 7) is 6.31. The molecule has 6 nitrogen and oxygen atoms in total. The van der Waals surface area contributed by atoms with Gasteiger partial charge in [-0.25, -0.2) is 8.78 Å². The molecule has 9 heteroatoms. The minimum atomic E-state index is -2.87. The average molecular weight is 495 g/mol. The Morgan fingerprint density at radius 1 is 1.15 bits per heavy atom. The van der Waals surface area contributed by atoms with Crippen LogP contribution in [0, 0.1) is 18.8 Å². The van der Waals surface area contributed by atoms with Crippen LogP contribution in [0.15, 0.2) is 10.8 Å². The maximum Gasteiger partial charge on any atom is 0.277 e. The Morgan fingerprint density at radius 2 is 1.85 bits per heavy atom. The highest BCUT2D eigenvalue weighted by Crippen LogP contribution is 2.39. The summed E-state index contributed by atoms with van der Waals surface area (Å²) in [5, 5.41) is 13.8. The van der Waals surface area contributed by atoms with E-state index in [0.29, 0.717) is 24.5 Å². The molecule has 2 aliphatic rings. The molecule has 0 spiro atoms. The Kier molecular flexibility index (Phi) is 8.45. The number of aromatic nitrogens is 3.